The Kier molecular flexibility index (Phi) is 8.39. The summed E-state index contributed by atoms with van der Waals surface area (Å²) in [6.07, 6.45) is 0.935. The fraction of sp³-hybridized carbons (Fsp3) is 0.375. The molecule has 176 valence electrons. The zero-order chi connectivity index (χ0) is 23.8. The third-order valence-electron chi connectivity index (χ3n) is 5.69. The van der Waals surface area contributed by atoms with E-state index in [1.165, 1.54) is 0 Å². The molecular weight excluding hydrogens is 426 g/mol. The number of hydrogen-bond donors (Lipinski definition) is 5. The zero-order valence-electron chi connectivity index (χ0n) is 18.2. The smallest absolute Gasteiger partial charge is 0.407 e. The maximum atomic E-state index is 12.1. The normalized spacial score (nSPS) is 14.0. The standard InChI is InChI=1S/C24H29N3O6/c25-20(22(29)27-21(13-28)23(30)31)11-5-6-12-26-24(32)33-14-19-17-9-3-1-7-15(17)16-8-2-4-10-18(16)19/h1-4,7-10,19-21,28H,5-6,11-14,25H2,(H,26,32)(H,27,29)(H,30,31)/t20-,21-/m0/s1. The van der Waals surface area contributed by atoms with Gasteiger partial charge >= 0.3 is 12.1 Å². The number of benzene rings is 2. The molecule has 1 aliphatic rings. The van der Waals surface area contributed by atoms with Crippen molar-refractivity contribution >= 4 is 18.0 Å². The first-order valence-corrected chi connectivity index (χ1v) is 10.9. The number of carboxylic acid groups (broad SMARTS) is 1. The molecule has 0 unspecified atom stereocenters. The van der Waals surface area contributed by atoms with Crippen molar-refractivity contribution in [2.75, 3.05) is 19.8 Å². The number of nitrogens with two attached hydrogens (primary N) is 1. The Bertz CT molecular complexity index is 950. The number of hydrogen-bond acceptors (Lipinski definition) is 6. The van der Waals surface area contributed by atoms with Gasteiger partial charge in [0.2, 0.25) is 5.91 Å². The van der Waals surface area contributed by atoms with E-state index in [0.717, 1.165) is 22.3 Å². The molecule has 2 aromatic rings. The molecule has 2 aromatic carbocycles. The molecule has 1 aliphatic carbocycles. The summed E-state index contributed by atoms with van der Waals surface area (Å²) in [5.41, 5.74) is 10.4. The largest absolute Gasteiger partial charge is 0.480 e. The maximum absolute atomic E-state index is 12.1. The molecule has 0 saturated heterocycles. The molecule has 0 saturated carbocycles. The van der Waals surface area contributed by atoms with Gasteiger partial charge in [0, 0.05) is 12.5 Å². The van der Waals surface area contributed by atoms with Crippen molar-refractivity contribution in [3.63, 3.8) is 0 Å². The van der Waals surface area contributed by atoms with Crippen molar-refractivity contribution < 1.29 is 29.3 Å². The first kappa shape index (κ1) is 24.2. The van der Waals surface area contributed by atoms with Crippen molar-refractivity contribution in [2.24, 2.45) is 5.73 Å². The summed E-state index contributed by atoms with van der Waals surface area (Å²) >= 11 is 0. The lowest BCUT2D eigenvalue weighted by atomic mass is 9.98. The van der Waals surface area contributed by atoms with Gasteiger partial charge in [0.1, 0.15) is 12.6 Å². The van der Waals surface area contributed by atoms with Crippen LogP contribution < -0.4 is 16.4 Å². The first-order valence-electron chi connectivity index (χ1n) is 10.9. The zero-order valence-corrected chi connectivity index (χ0v) is 18.2. The Morgan fingerprint density at radius 3 is 2.18 bits per heavy atom. The molecule has 0 fully saturated rings. The highest BCUT2D eigenvalue weighted by molar-refractivity contribution is 5.86. The fourth-order valence-electron chi connectivity index (χ4n) is 3.92. The second-order valence-corrected chi connectivity index (χ2v) is 7.94. The van der Waals surface area contributed by atoms with Crippen LogP contribution in [0.25, 0.3) is 11.1 Å². The van der Waals surface area contributed by atoms with E-state index in [4.69, 9.17) is 20.7 Å². The number of aliphatic hydroxyl groups excluding tert-OH is 1. The van der Waals surface area contributed by atoms with Gasteiger partial charge in [-0.05, 0) is 41.5 Å². The molecule has 33 heavy (non-hydrogen) atoms. The van der Waals surface area contributed by atoms with Crippen LogP contribution in [0.5, 0.6) is 0 Å². The third-order valence-corrected chi connectivity index (χ3v) is 5.69. The summed E-state index contributed by atoms with van der Waals surface area (Å²) in [5.74, 6) is -1.97. The Morgan fingerprint density at radius 1 is 1.00 bits per heavy atom. The maximum Gasteiger partial charge on any atom is 0.407 e. The van der Waals surface area contributed by atoms with Crippen molar-refractivity contribution in [1.29, 1.82) is 0 Å². The lowest BCUT2D eigenvalue weighted by molar-refractivity contribution is -0.143. The molecular formula is C24H29N3O6. The summed E-state index contributed by atoms with van der Waals surface area (Å²) in [4.78, 5) is 34.9. The Balaban J connectivity index is 1.37. The van der Waals surface area contributed by atoms with Crippen LogP contribution in [0.1, 0.15) is 36.3 Å². The van der Waals surface area contributed by atoms with Crippen molar-refractivity contribution in [3.8, 4) is 11.1 Å². The van der Waals surface area contributed by atoms with Gasteiger partial charge in [-0.1, -0.05) is 48.5 Å². The highest BCUT2D eigenvalue weighted by atomic mass is 16.5. The quantitative estimate of drug-likeness (QED) is 0.323. The molecule has 0 spiro atoms. The molecule has 9 nitrogen and oxygen atoms in total. The van der Waals surface area contributed by atoms with Crippen LogP contribution in [0.3, 0.4) is 0 Å². The summed E-state index contributed by atoms with van der Waals surface area (Å²) in [5, 5.41) is 22.7. The minimum Gasteiger partial charge on any atom is -0.480 e. The van der Waals surface area contributed by atoms with E-state index in [0.29, 0.717) is 25.8 Å². The monoisotopic (exact) mass is 455 g/mol. The predicted molar refractivity (Wildman–Crippen MR) is 122 cm³/mol. The molecule has 0 bridgehead atoms. The molecule has 0 heterocycles. The van der Waals surface area contributed by atoms with E-state index in [9.17, 15) is 14.4 Å². The summed E-state index contributed by atoms with van der Waals surface area (Å²) in [7, 11) is 0. The third kappa shape index (κ3) is 6.09. The van der Waals surface area contributed by atoms with Crippen LogP contribution in [-0.4, -0.2) is 60.0 Å². The second-order valence-electron chi connectivity index (χ2n) is 7.94. The van der Waals surface area contributed by atoms with Gasteiger partial charge in [0.25, 0.3) is 0 Å². The minimum absolute atomic E-state index is 0.00629. The topological polar surface area (TPSA) is 151 Å². The molecule has 0 radical (unpaired) electrons. The highest BCUT2D eigenvalue weighted by Gasteiger charge is 2.29. The van der Waals surface area contributed by atoms with E-state index in [-0.39, 0.29) is 12.5 Å². The van der Waals surface area contributed by atoms with Crippen molar-refractivity contribution in [3.05, 3.63) is 59.7 Å². The van der Waals surface area contributed by atoms with Crippen molar-refractivity contribution in [1.82, 2.24) is 10.6 Å². The number of nitrogens with one attached hydrogen (secondary N) is 2. The SMILES string of the molecule is N[C@@H](CCCCNC(=O)OCC1c2ccccc2-c2ccccc21)C(=O)N[C@@H](CO)C(=O)O. The summed E-state index contributed by atoms with van der Waals surface area (Å²) in [6.45, 7) is -0.113. The number of carboxylic acids is 1. The number of alkyl carbamates (subject to hydrolysis) is 1. The molecule has 9 heteroatoms. The van der Waals surface area contributed by atoms with Crippen LogP contribution >= 0.6 is 0 Å². The van der Waals surface area contributed by atoms with E-state index < -0.39 is 36.7 Å². The minimum atomic E-state index is -1.38. The van der Waals surface area contributed by atoms with Gasteiger partial charge in [-0.15, -0.1) is 0 Å². The second kappa shape index (κ2) is 11.4. The van der Waals surface area contributed by atoms with Gasteiger partial charge in [-0.25, -0.2) is 9.59 Å². The Morgan fingerprint density at radius 2 is 1.61 bits per heavy atom. The lowest BCUT2D eigenvalue weighted by Crippen LogP contribution is -2.49. The number of ether oxygens (including phenoxy) is 1. The summed E-state index contributed by atoms with van der Waals surface area (Å²) in [6, 6.07) is 13.9. The van der Waals surface area contributed by atoms with Crippen LogP contribution in [-0.2, 0) is 14.3 Å². The molecule has 0 aliphatic heterocycles. The molecule has 0 aromatic heterocycles. The lowest BCUT2D eigenvalue weighted by Gasteiger charge is -2.16. The van der Waals surface area contributed by atoms with Crippen LogP contribution in [0.15, 0.2) is 48.5 Å². The number of aliphatic hydroxyl groups is 1. The molecule has 2 atom stereocenters. The number of carbonyl (C=O) groups excluding carboxylic acids is 2. The van der Waals surface area contributed by atoms with Crippen LogP contribution in [0.2, 0.25) is 0 Å². The summed E-state index contributed by atoms with van der Waals surface area (Å²) < 4.78 is 5.47. The van der Waals surface area contributed by atoms with Gasteiger partial charge in [0.15, 0.2) is 0 Å². The van der Waals surface area contributed by atoms with E-state index in [2.05, 4.69) is 34.9 Å². The van der Waals surface area contributed by atoms with Crippen LogP contribution in [0, 0.1) is 0 Å². The van der Waals surface area contributed by atoms with Gasteiger partial charge in [0.05, 0.1) is 12.6 Å². The van der Waals surface area contributed by atoms with Gasteiger partial charge in [-0.3, -0.25) is 4.79 Å². The average Bonchev–Trinajstić information content (AvgIpc) is 3.14. The van der Waals surface area contributed by atoms with Gasteiger partial charge < -0.3 is 31.3 Å². The number of amides is 2. The predicted octanol–water partition coefficient (Wildman–Crippen LogP) is 1.58. The van der Waals surface area contributed by atoms with E-state index in [1.807, 2.05) is 24.3 Å². The van der Waals surface area contributed by atoms with Crippen LogP contribution in [0.4, 0.5) is 4.79 Å². The number of rotatable bonds is 11. The molecule has 3 rings (SSSR count). The molecule has 6 N–H and O–H groups in total. The number of carbonyl (C=O) groups is 3. The van der Waals surface area contributed by atoms with E-state index in [1.54, 1.807) is 0 Å². The highest BCUT2D eigenvalue weighted by Crippen LogP contribution is 2.44. The van der Waals surface area contributed by atoms with Crippen molar-refractivity contribution in [2.45, 2.75) is 37.3 Å². The van der Waals surface area contributed by atoms with E-state index >= 15 is 0 Å². The van der Waals surface area contributed by atoms with Gasteiger partial charge in [-0.2, -0.15) is 0 Å². The average molecular weight is 456 g/mol. The number of fused-ring (bicyclic) bond motifs is 3. The number of aliphatic carboxylic acids is 1. The molecule has 2 amide bonds. The fourth-order valence-corrected chi connectivity index (χ4v) is 3.92. The number of unbranched alkanes of at least 4 members (excludes halogenated alkanes) is 1. The Labute approximate surface area is 191 Å². The first-order chi connectivity index (χ1) is 15.9. The Hall–Kier alpha value is -3.43.